The van der Waals surface area contributed by atoms with Crippen LogP contribution in [0.1, 0.15) is 98.6 Å². The van der Waals surface area contributed by atoms with Crippen LogP contribution in [0.5, 0.6) is 0 Å². The maximum atomic E-state index is 14.3. The first-order valence-electron chi connectivity index (χ1n) is 17.4. The largest absolute Gasteiger partial charge is 0.457 e. The second kappa shape index (κ2) is 13.4. The summed E-state index contributed by atoms with van der Waals surface area (Å²) in [7, 11) is -0.274. The van der Waals surface area contributed by atoms with E-state index in [0.717, 1.165) is 45.1 Å². The van der Waals surface area contributed by atoms with E-state index in [9.17, 15) is 9.59 Å². The molecule has 46 heavy (non-hydrogen) atoms. The maximum absolute atomic E-state index is 14.3. The van der Waals surface area contributed by atoms with Crippen molar-refractivity contribution in [2.45, 2.75) is 135 Å². The Kier molecular flexibility index (Phi) is 10.1. The van der Waals surface area contributed by atoms with Gasteiger partial charge in [-0.1, -0.05) is 67.1 Å². The quantitative estimate of drug-likeness (QED) is 0.269. The van der Waals surface area contributed by atoms with Gasteiger partial charge in [0.05, 0.1) is 11.2 Å². The van der Waals surface area contributed by atoms with Crippen molar-refractivity contribution in [2.75, 3.05) is 0 Å². The van der Waals surface area contributed by atoms with Gasteiger partial charge in [0.25, 0.3) is 0 Å². The summed E-state index contributed by atoms with van der Waals surface area (Å²) in [5.74, 6) is 0.499. The number of nitrogens with zero attached hydrogens (tertiary/aromatic N) is 1. The van der Waals surface area contributed by atoms with Gasteiger partial charge in [0.2, 0.25) is 11.8 Å². The zero-order chi connectivity index (χ0) is 33.3. The summed E-state index contributed by atoms with van der Waals surface area (Å²) >= 11 is 0. The number of rotatable bonds is 11. The first-order chi connectivity index (χ1) is 21.6. The Morgan fingerprint density at radius 3 is 1.93 bits per heavy atom. The van der Waals surface area contributed by atoms with Crippen LogP contribution in [0.3, 0.4) is 0 Å². The summed E-state index contributed by atoms with van der Waals surface area (Å²) in [5, 5.41) is 6.52. The van der Waals surface area contributed by atoms with Gasteiger partial charge in [0, 0.05) is 31.6 Å². The van der Waals surface area contributed by atoms with E-state index in [1.807, 2.05) is 20.8 Å². The van der Waals surface area contributed by atoms with Crippen LogP contribution in [0.25, 0.3) is 0 Å². The molecule has 3 fully saturated rings. The molecular weight excluding hydrogens is 573 g/mol. The van der Waals surface area contributed by atoms with E-state index in [0.29, 0.717) is 24.3 Å². The average Bonchev–Trinajstić information content (AvgIpc) is 3.55. The van der Waals surface area contributed by atoms with Gasteiger partial charge >= 0.3 is 7.12 Å². The minimum absolute atomic E-state index is 0.0199. The molecule has 5 atom stereocenters. The minimum Gasteiger partial charge on any atom is -0.403 e. The van der Waals surface area contributed by atoms with Crippen molar-refractivity contribution in [2.24, 2.45) is 17.8 Å². The standard InChI is InChI=1S/C38H56BN3O4/c1-27(43)40-38(34(44)41-35(2,3)4)24-30-22-31(42(25-28-16-11-9-12-17-28)26-29-18-13-10-14-19-29)23-32(30)33(38)20-15-21-39-45-36(5,6)37(7,8)46-39/h9-14,16-19,30-33H,15,20-26H2,1-8H3,(H,40,43)(H,41,44). The van der Waals surface area contributed by atoms with Crippen molar-refractivity contribution in [3.05, 3.63) is 71.8 Å². The number of carbonyl (C=O) groups excluding carboxylic acids is 2. The Balaban J connectivity index is 1.40. The fourth-order valence-corrected chi connectivity index (χ4v) is 8.31. The SMILES string of the molecule is CC(=O)NC1(C(=O)NC(C)(C)C)CC2CC(N(Cc3ccccc3)Cc3ccccc3)CC2C1CCCB1OC(C)(C)C(C)(C)O1. The van der Waals surface area contributed by atoms with Crippen molar-refractivity contribution in [3.8, 4) is 0 Å². The molecule has 8 heteroatoms. The van der Waals surface area contributed by atoms with Gasteiger partial charge < -0.3 is 19.9 Å². The third kappa shape index (κ3) is 7.72. The maximum Gasteiger partial charge on any atom is 0.457 e. The molecular formula is C38H56BN3O4. The third-order valence-corrected chi connectivity index (χ3v) is 11.0. The van der Waals surface area contributed by atoms with Crippen LogP contribution in [-0.4, -0.2) is 52.2 Å². The first-order valence-corrected chi connectivity index (χ1v) is 17.4. The fourth-order valence-electron chi connectivity index (χ4n) is 8.31. The van der Waals surface area contributed by atoms with Crippen LogP contribution < -0.4 is 10.6 Å². The van der Waals surface area contributed by atoms with E-state index in [4.69, 9.17) is 9.31 Å². The van der Waals surface area contributed by atoms with Crippen molar-refractivity contribution in [1.82, 2.24) is 15.5 Å². The smallest absolute Gasteiger partial charge is 0.403 e. The Hall–Kier alpha value is -2.68. The molecule has 250 valence electrons. The van der Waals surface area contributed by atoms with Gasteiger partial charge in [0.1, 0.15) is 5.54 Å². The number of hydrogen-bond donors (Lipinski definition) is 2. The number of carbonyl (C=O) groups is 2. The highest BCUT2D eigenvalue weighted by Gasteiger charge is 2.61. The summed E-state index contributed by atoms with van der Waals surface area (Å²) in [6.07, 6.45) is 5.14. The molecule has 5 rings (SSSR count). The highest BCUT2D eigenvalue weighted by Crippen LogP contribution is 2.56. The highest BCUT2D eigenvalue weighted by molar-refractivity contribution is 6.45. The molecule has 5 unspecified atom stereocenters. The molecule has 1 heterocycles. The fraction of sp³-hybridized carbons (Fsp3) is 0.632. The third-order valence-electron chi connectivity index (χ3n) is 11.0. The zero-order valence-corrected chi connectivity index (χ0v) is 29.4. The molecule has 2 N–H and O–H groups in total. The molecule has 1 aliphatic heterocycles. The van der Waals surface area contributed by atoms with E-state index < -0.39 is 11.1 Å². The second-order valence-electron chi connectivity index (χ2n) is 16.2. The van der Waals surface area contributed by atoms with Gasteiger partial charge in [0.15, 0.2) is 0 Å². The lowest BCUT2D eigenvalue weighted by atomic mass is 9.74. The lowest BCUT2D eigenvalue weighted by Gasteiger charge is -2.40. The molecule has 2 amide bonds. The minimum atomic E-state index is -0.932. The molecule has 0 spiro atoms. The monoisotopic (exact) mass is 629 g/mol. The number of nitrogens with one attached hydrogen (secondary N) is 2. The first kappa shape index (κ1) is 34.7. The zero-order valence-electron chi connectivity index (χ0n) is 29.4. The molecule has 0 bridgehead atoms. The van der Waals surface area contributed by atoms with Crippen LogP contribution in [0.2, 0.25) is 6.32 Å². The molecule has 0 radical (unpaired) electrons. The van der Waals surface area contributed by atoms with Crippen LogP contribution in [0, 0.1) is 17.8 Å². The van der Waals surface area contributed by atoms with E-state index >= 15 is 0 Å². The lowest BCUT2D eigenvalue weighted by Crippen LogP contribution is -2.64. The van der Waals surface area contributed by atoms with E-state index in [1.54, 1.807) is 6.92 Å². The predicted octanol–water partition coefficient (Wildman–Crippen LogP) is 6.77. The summed E-state index contributed by atoms with van der Waals surface area (Å²) < 4.78 is 12.7. The average molecular weight is 630 g/mol. The van der Waals surface area contributed by atoms with Crippen LogP contribution in [0.15, 0.2) is 60.7 Å². The van der Waals surface area contributed by atoms with Gasteiger partial charge in [-0.3, -0.25) is 14.5 Å². The number of benzene rings is 2. The summed E-state index contributed by atoms with van der Waals surface area (Å²) in [6, 6.07) is 21.9. The van der Waals surface area contributed by atoms with Crippen molar-refractivity contribution >= 4 is 18.9 Å². The molecule has 3 aliphatic rings. The molecule has 2 aromatic rings. The Morgan fingerprint density at radius 1 is 0.891 bits per heavy atom. The molecule has 2 saturated carbocycles. The number of fused-ring (bicyclic) bond motifs is 1. The lowest BCUT2D eigenvalue weighted by molar-refractivity contribution is -0.136. The Morgan fingerprint density at radius 2 is 1.43 bits per heavy atom. The van der Waals surface area contributed by atoms with E-state index in [2.05, 4.69) is 104 Å². The van der Waals surface area contributed by atoms with Gasteiger partial charge in [-0.15, -0.1) is 0 Å². The summed E-state index contributed by atoms with van der Waals surface area (Å²) in [6.45, 7) is 17.7. The van der Waals surface area contributed by atoms with Crippen LogP contribution in [0.4, 0.5) is 0 Å². The second-order valence-corrected chi connectivity index (χ2v) is 16.2. The normalized spacial score (nSPS) is 28.3. The summed E-state index contributed by atoms with van der Waals surface area (Å²) in [4.78, 5) is 29.7. The molecule has 7 nitrogen and oxygen atoms in total. The molecule has 0 aromatic heterocycles. The van der Waals surface area contributed by atoms with Crippen LogP contribution >= 0.6 is 0 Å². The van der Waals surface area contributed by atoms with Gasteiger partial charge in [-0.2, -0.15) is 0 Å². The van der Waals surface area contributed by atoms with E-state index in [1.165, 1.54) is 11.1 Å². The van der Waals surface area contributed by atoms with Gasteiger partial charge in [-0.25, -0.2) is 0 Å². The van der Waals surface area contributed by atoms with E-state index in [-0.39, 0.29) is 36.1 Å². The Labute approximate surface area is 277 Å². The van der Waals surface area contributed by atoms with Crippen molar-refractivity contribution < 1.29 is 18.9 Å². The number of hydrogen-bond acceptors (Lipinski definition) is 5. The van der Waals surface area contributed by atoms with Crippen molar-refractivity contribution in [1.29, 1.82) is 0 Å². The van der Waals surface area contributed by atoms with Crippen LogP contribution in [-0.2, 0) is 32.0 Å². The topological polar surface area (TPSA) is 79.9 Å². The Bertz CT molecular complexity index is 1290. The highest BCUT2D eigenvalue weighted by atomic mass is 16.7. The molecule has 1 saturated heterocycles. The predicted molar refractivity (Wildman–Crippen MR) is 185 cm³/mol. The van der Waals surface area contributed by atoms with Crippen molar-refractivity contribution in [3.63, 3.8) is 0 Å². The molecule has 2 aliphatic carbocycles. The van der Waals surface area contributed by atoms with Gasteiger partial charge in [-0.05, 0) is 109 Å². The number of amides is 2. The molecule has 2 aromatic carbocycles. The summed E-state index contributed by atoms with van der Waals surface area (Å²) in [5.41, 5.74) is 0.542.